The van der Waals surface area contributed by atoms with Crippen molar-refractivity contribution in [2.75, 3.05) is 19.6 Å². The van der Waals surface area contributed by atoms with E-state index in [2.05, 4.69) is 0 Å². The summed E-state index contributed by atoms with van der Waals surface area (Å²) in [6.07, 6.45) is -5.97. The number of piperidine rings is 1. The number of nitrogens with two attached hydrogens (primary N) is 1. The van der Waals surface area contributed by atoms with Crippen LogP contribution in [0.2, 0.25) is 0 Å². The van der Waals surface area contributed by atoms with Crippen LogP contribution < -0.4 is 11.1 Å². The Hall–Kier alpha value is -1.51. The molecule has 18 heavy (non-hydrogen) atoms. The van der Waals surface area contributed by atoms with Gasteiger partial charge in [0.1, 0.15) is 0 Å². The highest BCUT2D eigenvalue weighted by Crippen LogP contribution is 2.24. The van der Waals surface area contributed by atoms with Gasteiger partial charge >= 0.3 is 18.2 Å². The second-order valence-corrected chi connectivity index (χ2v) is 4.21. The maximum absolute atomic E-state index is 12.2. The molecule has 1 aliphatic heterocycles. The molecule has 0 aliphatic carbocycles. The van der Waals surface area contributed by atoms with Gasteiger partial charge in [-0.05, 0) is 12.8 Å². The normalized spacial score (nSPS) is 19.4. The first-order chi connectivity index (χ1) is 8.20. The predicted octanol–water partition coefficient (Wildman–Crippen LogP) is 0.136. The zero-order valence-corrected chi connectivity index (χ0v) is 9.46. The minimum atomic E-state index is -4.97. The molecule has 0 radical (unpaired) electrons. The van der Waals surface area contributed by atoms with Gasteiger partial charge in [-0.1, -0.05) is 0 Å². The predicted molar refractivity (Wildman–Crippen MR) is 54.8 cm³/mol. The van der Waals surface area contributed by atoms with Gasteiger partial charge in [0, 0.05) is 19.6 Å². The van der Waals surface area contributed by atoms with Crippen molar-refractivity contribution in [1.82, 2.24) is 10.2 Å². The summed E-state index contributed by atoms with van der Waals surface area (Å²) in [4.78, 5) is 22.6. The van der Waals surface area contributed by atoms with Crippen LogP contribution >= 0.6 is 0 Å². The fraction of sp³-hybridized carbons (Fsp3) is 0.778. The van der Waals surface area contributed by atoms with Crippen molar-refractivity contribution < 1.29 is 27.9 Å². The van der Waals surface area contributed by atoms with Crippen LogP contribution in [0.5, 0.6) is 0 Å². The van der Waals surface area contributed by atoms with Crippen LogP contribution in [0, 0.1) is 0 Å². The van der Waals surface area contributed by atoms with E-state index in [-0.39, 0.29) is 32.5 Å². The number of alkyl halides is 3. The van der Waals surface area contributed by atoms with E-state index in [1.807, 2.05) is 5.32 Å². The van der Waals surface area contributed by atoms with Crippen LogP contribution in [0.25, 0.3) is 0 Å². The molecule has 104 valence electrons. The lowest BCUT2D eigenvalue weighted by molar-refractivity contribution is -0.176. The van der Waals surface area contributed by atoms with E-state index in [4.69, 9.17) is 10.8 Å². The Morgan fingerprint density at radius 3 is 2.17 bits per heavy atom. The highest BCUT2D eigenvalue weighted by molar-refractivity contribution is 5.82. The van der Waals surface area contributed by atoms with E-state index in [1.54, 1.807) is 0 Å². The summed E-state index contributed by atoms with van der Waals surface area (Å²) in [6, 6.07) is 0. The Balaban J connectivity index is 2.67. The van der Waals surface area contributed by atoms with E-state index in [0.29, 0.717) is 0 Å². The maximum atomic E-state index is 12.2. The van der Waals surface area contributed by atoms with Crippen molar-refractivity contribution in [2.24, 2.45) is 5.73 Å². The Morgan fingerprint density at radius 2 is 1.83 bits per heavy atom. The summed E-state index contributed by atoms with van der Waals surface area (Å²) >= 11 is 0. The number of nitrogens with zero attached hydrogens (tertiary/aromatic N) is 1. The Labute approximate surface area is 101 Å². The summed E-state index contributed by atoms with van der Waals surface area (Å²) in [6.45, 7) is -0.0718. The highest BCUT2D eigenvalue weighted by atomic mass is 19.4. The lowest BCUT2D eigenvalue weighted by atomic mass is 9.87. The molecule has 4 N–H and O–H groups in total. The van der Waals surface area contributed by atoms with E-state index >= 15 is 0 Å². The molecular weight excluding hydrogens is 255 g/mol. The SMILES string of the molecule is NCC1(NC(=O)C(F)(F)F)CCN(C(=O)O)CC1. The quantitative estimate of drug-likeness (QED) is 0.664. The average Bonchev–Trinajstić information content (AvgIpc) is 2.28. The van der Waals surface area contributed by atoms with Crippen LogP contribution in [0.3, 0.4) is 0 Å². The smallest absolute Gasteiger partial charge is 0.465 e. The first-order valence-corrected chi connectivity index (χ1v) is 5.27. The van der Waals surface area contributed by atoms with E-state index < -0.39 is 23.7 Å². The van der Waals surface area contributed by atoms with Crippen LogP contribution in [0.4, 0.5) is 18.0 Å². The largest absolute Gasteiger partial charge is 0.471 e. The molecule has 1 aliphatic rings. The van der Waals surface area contributed by atoms with Gasteiger partial charge in [0.2, 0.25) is 0 Å². The Kier molecular flexibility index (Phi) is 4.05. The first-order valence-electron chi connectivity index (χ1n) is 5.27. The number of carbonyl (C=O) groups excluding carboxylic acids is 1. The Morgan fingerprint density at radius 1 is 1.33 bits per heavy atom. The molecule has 1 fully saturated rings. The molecule has 1 saturated heterocycles. The minimum absolute atomic E-state index is 0.0463. The second-order valence-electron chi connectivity index (χ2n) is 4.21. The van der Waals surface area contributed by atoms with Crippen molar-refractivity contribution in [3.63, 3.8) is 0 Å². The molecule has 2 amide bonds. The number of nitrogens with one attached hydrogen (secondary N) is 1. The summed E-state index contributed by atoms with van der Waals surface area (Å²) in [5.41, 5.74) is 4.22. The topological polar surface area (TPSA) is 95.7 Å². The van der Waals surface area contributed by atoms with E-state index in [0.717, 1.165) is 4.90 Å². The van der Waals surface area contributed by atoms with E-state index in [1.165, 1.54) is 0 Å². The van der Waals surface area contributed by atoms with Crippen molar-refractivity contribution in [1.29, 1.82) is 0 Å². The number of carboxylic acid groups (broad SMARTS) is 1. The van der Waals surface area contributed by atoms with Gasteiger partial charge in [0.15, 0.2) is 0 Å². The van der Waals surface area contributed by atoms with E-state index in [9.17, 15) is 22.8 Å². The van der Waals surface area contributed by atoms with Crippen molar-refractivity contribution in [3.8, 4) is 0 Å². The molecule has 0 spiro atoms. The lowest BCUT2D eigenvalue weighted by Crippen LogP contribution is -2.61. The van der Waals surface area contributed by atoms with Gasteiger partial charge in [-0.3, -0.25) is 4.79 Å². The van der Waals surface area contributed by atoms with Gasteiger partial charge in [-0.2, -0.15) is 13.2 Å². The van der Waals surface area contributed by atoms with Crippen molar-refractivity contribution >= 4 is 12.0 Å². The number of amides is 2. The molecule has 0 unspecified atom stereocenters. The zero-order valence-electron chi connectivity index (χ0n) is 9.46. The number of likely N-dealkylation sites (tertiary alicyclic amines) is 1. The van der Waals surface area contributed by atoms with Crippen LogP contribution in [0.1, 0.15) is 12.8 Å². The fourth-order valence-electron chi connectivity index (χ4n) is 1.82. The summed E-state index contributed by atoms with van der Waals surface area (Å²) in [5, 5.41) is 10.6. The molecule has 0 aromatic rings. The molecule has 1 heterocycles. The van der Waals surface area contributed by atoms with Gasteiger partial charge in [-0.25, -0.2) is 4.79 Å². The average molecular weight is 269 g/mol. The van der Waals surface area contributed by atoms with Gasteiger partial charge in [-0.15, -0.1) is 0 Å². The summed E-state index contributed by atoms with van der Waals surface area (Å²) in [7, 11) is 0. The molecule has 6 nitrogen and oxygen atoms in total. The maximum Gasteiger partial charge on any atom is 0.471 e. The number of halogens is 3. The molecule has 0 bridgehead atoms. The summed E-state index contributed by atoms with van der Waals surface area (Å²) < 4.78 is 36.5. The number of rotatable bonds is 2. The van der Waals surface area contributed by atoms with Gasteiger partial charge in [0.25, 0.3) is 0 Å². The second kappa shape index (κ2) is 5.01. The molecule has 0 aromatic heterocycles. The highest BCUT2D eigenvalue weighted by Gasteiger charge is 2.45. The third-order valence-electron chi connectivity index (χ3n) is 3.02. The Bertz CT molecular complexity index is 338. The summed E-state index contributed by atoms with van der Waals surface area (Å²) in [5.74, 6) is -2.04. The van der Waals surface area contributed by atoms with Crippen LogP contribution in [-0.2, 0) is 4.79 Å². The molecule has 0 aromatic carbocycles. The zero-order chi connectivity index (χ0) is 14.0. The molecular formula is C9H14F3N3O3. The van der Waals surface area contributed by atoms with Crippen LogP contribution in [0.15, 0.2) is 0 Å². The third kappa shape index (κ3) is 3.25. The molecule has 0 saturated carbocycles. The van der Waals surface area contributed by atoms with Crippen molar-refractivity contribution in [2.45, 2.75) is 24.6 Å². The van der Waals surface area contributed by atoms with Gasteiger partial charge in [0.05, 0.1) is 5.54 Å². The standard InChI is InChI=1S/C9H14F3N3O3/c10-9(11,12)6(16)14-8(5-13)1-3-15(4-2-8)7(17)18/h1-5,13H2,(H,14,16)(H,17,18). The number of hydrogen-bond acceptors (Lipinski definition) is 3. The number of carbonyl (C=O) groups is 2. The fourth-order valence-corrected chi connectivity index (χ4v) is 1.82. The van der Waals surface area contributed by atoms with Crippen LogP contribution in [-0.4, -0.2) is 53.4 Å². The third-order valence-corrected chi connectivity index (χ3v) is 3.02. The molecule has 0 atom stereocenters. The monoisotopic (exact) mass is 269 g/mol. The first kappa shape index (κ1) is 14.6. The molecule has 1 rings (SSSR count). The number of hydrogen-bond donors (Lipinski definition) is 3. The minimum Gasteiger partial charge on any atom is -0.465 e. The van der Waals surface area contributed by atoms with Crippen molar-refractivity contribution in [3.05, 3.63) is 0 Å². The molecule has 9 heteroatoms. The lowest BCUT2D eigenvalue weighted by Gasteiger charge is -2.40. The van der Waals surface area contributed by atoms with Gasteiger partial charge < -0.3 is 21.1 Å².